The molecule has 1 N–H and O–H groups in total. The van der Waals surface area contributed by atoms with Crippen LogP contribution in [0.5, 0.6) is 0 Å². The van der Waals surface area contributed by atoms with Gasteiger partial charge in [-0.1, -0.05) is 23.7 Å². The fraction of sp³-hybridized carbons (Fsp3) is 0.562. The molecule has 1 aliphatic rings. The smallest absolute Gasteiger partial charge is 0.407 e. The molecule has 1 aliphatic heterocycles. The lowest BCUT2D eigenvalue weighted by Gasteiger charge is -2.20. The van der Waals surface area contributed by atoms with Gasteiger partial charge in [-0.3, -0.25) is 0 Å². The number of halogens is 1. The van der Waals surface area contributed by atoms with E-state index in [0.29, 0.717) is 18.1 Å². The van der Waals surface area contributed by atoms with Crippen molar-refractivity contribution in [3.8, 4) is 0 Å². The van der Waals surface area contributed by atoms with E-state index in [4.69, 9.17) is 11.6 Å². The summed E-state index contributed by atoms with van der Waals surface area (Å²) in [4.78, 5) is 15.3. The molecule has 21 heavy (non-hydrogen) atoms. The lowest BCUT2D eigenvalue weighted by Crippen LogP contribution is -2.30. The predicted octanol–water partition coefficient (Wildman–Crippen LogP) is 3.70. The Morgan fingerprint density at radius 1 is 1.19 bits per heavy atom. The maximum absolute atomic E-state index is 11.3. The van der Waals surface area contributed by atoms with Gasteiger partial charge in [0.15, 0.2) is 0 Å². The molecule has 1 amide bonds. The Hall–Kier alpha value is -1.26. The number of likely N-dealkylation sites (tertiary alicyclic amines) is 1. The van der Waals surface area contributed by atoms with Crippen LogP contribution in [0.15, 0.2) is 24.3 Å². The average molecular weight is 311 g/mol. The zero-order chi connectivity index (χ0) is 15.1. The fourth-order valence-electron chi connectivity index (χ4n) is 2.70. The van der Waals surface area contributed by atoms with E-state index >= 15 is 0 Å². The molecule has 0 atom stereocenters. The van der Waals surface area contributed by atoms with Crippen molar-refractivity contribution in [3.63, 3.8) is 0 Å². The van der Waals surface area contributed by atoms with Crippen LogP contribution < -0.4 is 0 Å². The van der Waals surface area contributed by atoms with Crippen molar-refractivity contribution in [1.82, 2.24) is 9.80 Å². The summed E-state index contributed by atoms with van der Waals surface area (Å²) < 4.78 is 0. The van der Waals surface area contributed by atoms with Gasteiger partial charge in [-0.05, 0) is 63.0 Å². The van der Waals surface area contributed by atoms with Gasteiger partial charge in [0.05, 0.1) is 0 Å². The van der Waals surface area contributed by atoms with E-state index in [1.807, 2.05) is 12.1 Å². The number of nitrogens with zero attached hydrogens (tertiary/aromatic N) is 2. The van der Waals surface area contributed by atoms with Crippen molar-refractivity contribution in [2.24, 2.45) is 0 Å². The Morgan fingerprint density at radius 3 is 2.48 bits per heavy atom. The molecule has 1 heterocycles. The largest absolute Gasteiger partial charge is 0.465 e. The van der Waals surface area contributed by atoms with Crippen LogP contribution in [0, 0.1) is 0 Å². The number of unbranched alkanes of at least 4 members (excludes halogenated alkanes) is 1. The van der Waals surface area contributed by atoms with Crippen LogP contribution in [0.25, 0.3) is 0 Å². The Kier molecular flexibility index (Phi) is 6.33. The molecule has 116 valence electrons. The van der Waals surface area contributed by atoms with E-state index in [9.17, 15) is 9.90 Å². The first-order valence-electron chi connectivity index (χ1n) is 7.60. The third kappa shape index (κ3) is 5.56. The molecule has 1 fully saturated rings. The molecule has 5 heteroatoms. The molecule has 0 radical (unpaired) electrons. The lowest BCUT2D eigenvalue weighted by atomic mass is 10.2. The number of rotatable bonds is 7. The van der Waals surface area contributed by atoms with E-state index in [1.165, 1.54) is 30.8 Å². The van der Waals surface area contributed by atoms with E-state index < -0.39 is 6.09 Å². The summed E-state index contributed by atoms with van der Waals surface area (Å²) in [5.41, 5.74) is 0.973. The van der Waals surface area contributed by atoms with E-state index in [-0.39, 0.29) is 0 Å². The van der Waals surface area contributed by atoms with Gasteiger partial charge in [-0.15, -0.1) is 0 Å². The van der Waals surface area contributed by atoms with Crippen molar-refractivity contribution < 1.29 is 9.90 Å². The summed E-state index contributed by atoms with van der Waals surface area (Å²) in [6.45, 7) is 4.51. The molecule has 0 aliphatic carbocycles. The monoisotopic (exact) mass is 310 g/mol. The Labute approximate surface area is 131 Å². The second-order valence-corrected chi connectivity index (χ2v) is 6.02. The minimum absolute atomic E-state index is 0.427. The molecule has 1 saturated heterocycles. The zero-order valence-electron chi connectivity index (χ0n) is 12.3. The van der Waals surface area contributed by atoms with Crippen LogP contribution >= 0.6 is 11.6 Å². The lowest BCUT2D eigenvalue weighted by molar-refractivity contribution is 0.140. The molecule has 4 nitrogen and oxygen atoms in total. The second-order valence-electron chi connectivity index (χ2n) is 5.59. The van der Waals surface area contributed by atoms with Crippen molar-refractivity contribution in [2.75, 3.05) is 26.2 Å². The highest BCUT2D eigenvalue weighted by Crippen LogP contribution is 2.13. The maximum atomic E-state index is 11.3. The van der Waals surface area contributed by atoms with Gasteiger partial charge in [-0.2, -0.15) is 0 Å². The highest BCUT2D eigenvalue weighted by Gasteiger charge is 2.13. The highest BCUT2D eigenvalue weighted by atomic mass is 35.5. The SMILES string of the molecule is O=C(O)N(CCCCN1CCCC1)Cc1ccc(Cl)cc1. The zero-order valence-corrected chi connectivity index (χ0v) is 13.1. The number of carbonyl (C=O) groups is 1. The average Bonchev–Trinajstić information content (AvgIpc) is 2.97. The first-order chi connectivity index (χ1) is 10.1. The van der Waals surface area contributed by atoms with Crippen LogP contribution in [0.2, 0.25) is 5.02 Å². The van der Waals surface area contributed by atoms with Gasteiger partial charge in [0.1, 0.15) is 0 Å². The quantitative estimate of drug-likeness (QED) is 0.781. The van der Waals surface area contributed by atoms with Gasteiger partial charge in [0, 0.05) is 18.1 Å². The van der Waals surface area contributed by atoms with Gasteiger partial charge in [-0.25, -0.2) is 4.79 Å². The second kappa shape index (κ2) is 8.25. The summed E-state index contributed by atoms with van der Waals surface area (Å²) in [6.07, 6.45) is 3.72. The number of amides is 1. The van der Waals surface area contributed by atoms with Gasteiger partial charge in [0.25, 0.3) is 0 Å². The Balaban J connectivity index is 1.73. The van der Waals surface area contributed by atoms with Gasteiger partial charge >= 0.3 is 6.09 Å². The van der Waals surface area contributed by atoms with Crippen LogP contribution in [0.3, 0.4) is 0 Å². The fourth-order valence-corrected chi connectivity index (χ4v) is 2.82. The maximum Gasteiger partial charge on any atom is 0.407 e. The van der Waals surface area contributed by atoms with E-state index in [2.05, 4.69) is 4.90 Å². The van der Waals surface area contributed by atoms with Gasteiger partial charge in [0.2, 0.25) is 0 Å². The first-order valence-corrected chi connectivity index (χ1v) is 7.97. The van der Waals surface area contributed by atoms with Crippen molar-refractivity contribution in [1.29, 1.82) is 0 Å². The number of hydrogen-bond donors (Lipinski definition) is 1. The summed E-state index contributed by atoms with van der Waals surface area (Å²) in [6, 6.07) is 7.35. The third-order valence-electron chi connectivity index (χ3n) is 3.91. The number of hydrogen-bond acceptors (Lipinski definition) is 2. The van der Waals surface area contributed by atoms with E-state index in [0.717, 1.165) is 24.9 Å². The summed E-state index contributed by atoms with van der Waals surface area (Å²) in [5, 5.41) is 9.96. The highest BCUT2D eigenvalue weighted by molar-refractivity contribution is 6.30. The van der Waals surface area contributed by atoms with Crippen LogP contribution in [-0.4, -0.2) is 47.2 Å². The summed E-state index contributed by atoms with van der Waals surface area (Å²) >= 11 is 5.84. The molecule has 0 bridgehead atoms. The van der Waals surface area contributed by atoms with Crippen LogP contribution in [0.1, 0.15) is 31.2 Å². The minimum Gasteiger partial charge on any atom is -0.465 e. The Morgan fingerprint density at radius 2 is 1.86 bits per heavy atom. The standard InChI is InChI=1S/C16H23ClN2O2/c17-15-7-5-14(6-8-15)13-19(16(20)21)12-4-3-11-18-9-1-2-10-18/h5-8H,1-4,9-13H2,(H,20,21). The number of carboxylic acid groups (broad SMARTS) is 1. The van der Waals surface area contributed by atoms with Crippen molar-refractivity contribution in [2.45, 2.75) is 32.2 Å². The molecule has 1 aromatic carbocycles. The summed E-state index contributed by atoms with van der Waals surface area (Å²) in [7, 11) is 0. The predicted molar refractivity (Wildman–Crippen MR) is 84.8 cm³/mol. The van der Waals surface area contributed by atoms with Crippen molar-refractivity contribution >= 4 is 17.7 Å². The molecule has 0 saturated carbocycles. The first kappa shape index (κ1) is 16.1. The molecular weight excluding hydrogens is 288 g/mol. The minimum atomic E-state index is -0.855. The van der Waals surface area contributed by atoms with Crippen LogP contribution in [0.4, 0.5) is 4.79 Å². The molecule has 1 aromatic rings. The Bertz CT molecular complexity index is 444. The summed E-state index contributed by atoms with van der Waals surface area (Å²) in [5.74, 6) is 0. The molecule has 0 spiro atoms. The van der Waals surface area contributed by atoms with Crippen molar-refractivity contribution in [3.05, 3.63) is 34.9 Å². The van der Waals surface area contributed by atoms with Crippen LogP contribution in [-0.2, 0) is 6.54 Å². The molecule has 0 aromatic heterocycles. The number of benzene rings is 1. The third-order valence-corrected chi connectivity index (χ3v) is 4.16. The molecule has 0 unspecified atom stereocenters. The topological polar surface area (TPSA) is 43.8 Å². The van der Waals surface area contributed by atoms with Gasteiger partial charge < -0.3 is 14.9 Å². The molecular formula is C16H23ClN2O2. The molecule has 2 rings (SSSR count). The normalized spacial score (nSPS) is 15.3. The van der Waals surface area contributed by atoms with E-state index in [1.54, 1.807) is 12.1 Å².